The molecule has 8 N–H and O–H groups in total. The van der Waals surface area contributed by atoms with E-state index >= 15 is 0 Å². The molecule has 6 aliphatic rings. The number of carbonyl (C=O) groups excluding carboxylic acids is 1. The number of fused-ring (bicyclic) bond motifs is 7. The fraction of sp³-hybridized carbons (Fsp3) is 0.442. The lowest BCUT2D eigenvalue weighted by atomic mass is 9.63. The number of nitrogens with two attached hydrogens (primary N) is 2. The van der Waals surface area contributed by atoms with E-state index < -0.39 is 29.7 Å². The quantitative estimate of drug-likeness (QED) is 0.122. The Balaban J connectivity index is 1.48. The van der Waals surface area contributed by atoms with Crippen LogP contribution in [0.25, 0.3) is 11.0 Å². The molecule has 54 heavy (non-hydrogen) atoms. The summed E-state index contributed by atoms with van der Waals surface area (Å²) in [7, 11) is 0. The Kier molecular flexibility index (Phi) is 9.13. The maximum Gasteiger partial charge on any atom is 0.333 e. The van der Waals surface area contributed by atoms with Gasteiger partial charge in [-0.1, -0.05) is 50.0 Å². The van der Waals surface area contributed by atoms with Gasteiger partial charge in [0.25, 0.3) is 0 Å². The van der Waals surface area contributed by atoms with Gasteiger partial charge in [0.05, 0.1) is 6.17 Å². The minimum Gasteiger partial charge on any atom is -0.507 e. The molecule has 0 amide bonds. The summed E-state index contributed by atoms with van der Waals surface area (Å²) in [4.78, 5) is 27.5. The van der Waals surface area contributed by atoms with Crippen LogP contribution < -0.4 is 32.3 Å². The number of allylic oxidation sites excluding steroid dienone is 8. The number of aliphatic hydroxyl groups is 1. The highest BCUT2D eigenvalue weighted by Crippen LogP contribution is 2.59. The number of aromatic hydroxyl groups is 1. The van der Waals surface area contributed by atoms with E-state index in [2.05, 4.69) is 42.0 Å². The van der Waals surface area contributed by atoms with Crippen LogP contribution in [0.4, 0.5) is 0 Å². The van der Waals surface area contributed by atoms with Gasteiger partial charge in [0.15, 0.2) is 11.0 Å². The van der Waals surface area contributed by atoms with Crippen molar-refractivity contribution < 1.29 is 28.9 Å². The molecule has 2 bridgehead atoms. The van der Waals surface area contributed by atoms with E-state index in [9.17, 15) is 19.8 Å². The summed E-state index contributed by atoms with van der Waals surface area (Å²) in [5.74, 6) is -0.186. The molecular weight excluding hydrogens is 684 g/mol. The summed E-state index contributed by atoms with van der Waals surface area (Å²) in [6.45, 7) is 7.75. The molecule has 0 radical (unpaired) electrons. The minimum atomic E-state index is -1.20. The fourth-order valence-corrected chi connectivity index (χ4v) is 9.63. The highest BCUT2D eigenvalue weighted by atomic mass is 16.6. The van der Waals surface area contributed by atoms with E-state index in [1.807, 2.05) is 6.92 Å². The van der Waals surface area contributed by atoms with Crippen molar-refractivity contribution in [1.29, 1.82) is 0 Å². The average Bonchev–Trinajstić information content (AvgIpc) is 3.48. The Morgan fingerprint density at radius 2 is 2.00 bits per heavy atom. The van der Waals surface area contributed by atoms with Crippen molar-refractivity contribution >= 4 is 16.9 Å². The Bertz CT molecular complexity index is 2250. The number of carbonyl (C=O) groups is 1. The van der Waals surface area contributed by atoms with Crippen LogP contribution in [0.15, 0.2) is 96.2 Å². The Hall–Kier alpha value is -5.00. The fourth-order valence-electron chi connectivity index (χ4n) is 9.63. The number of hydrogen-bond acceptors (Lipinski definition) is 11. The number of rotatable bonds is 7. The van der Waals surface area contributed by atoms with E-state index in [1.54, 1.807) is 19.9 Å². The molecule has 0 spiro atoms. The predicted molar refractivity (Wildman–Crippen MR) is 206 cm³/mol. The van der Waals surface area contributed by atoms with Crippen LogP contribution in [0.1, 0.15) is 83.1 Å². The van der Waals surface area contributed by atoms with Crippen molar-refractivity contribution in [3.8, 4) is 11.5 Å². The van der Waals surface area contributed by atoms with Crippen LogP contribution in [-0.2, 0) is 29.0 Å². The summed E-state index contributed by atoms with van der Waals surface area (Å²) >= 11 is 0. The Morgan fingerprint density at radius 3 is 2.76 bits per heavy atom. The van der Waals surface area contributed by atoms with Gasteiger partial charge in [-0.3, -0.25) is 4.79 Å². The van der Waals surface area contributed by atoms with Crippen LogP contribution >= 0.6 is 0 Å². The van der Waals surface area contributed by atoms with Crippen LogP contribution in [-0.4, -0.2) is 40.6 Å². The topological polar surface area (TPSA) is 182 Å². The van der Waals surface area contributed by atoms with Crippen molar-refractivity contribution in [2.75, 3.05) is 6.54 Å². The first kappa shape index (κ1) is 36.0. The molecule has 1 aromatic heterocycles. The third-order valence-corrected chi connectivity index (χ3v) is 12.4. The Labute approximate surface area is 314 Å². The van der Waals surface area contributed by atoms with Gasteiger partial charge >= 0.3 is 5.97 Å². The number of benzene rings is 1. The Morgan fingerprint density at radius 1 is 1.19 bits per heavy atom. The third kappa shape index (κ3) is 5.62. The molecule has 0 saturated carbocycles. The molecule has 2 aliphatic carbocycles. The zero-order valence-electron chi connectivity index (χ0n) is 31.4. The van der Waals surface area contributed by atoms with Crippen LogP contribution in [0, 0.1) is 11.8 Å². The van der Waals surface area contributed by atoms with Crippen molar-refractivity contribution in [3.63, 3.8) is 0 Å². The normalized spacial score (nSPS) is 27.2. The third-order valence-electron chi connectivity index (χ3n) is 12.4. The number of dihydropyridines is 2. The number of ether oxygens (including phenoxy) is 2. The maximum atomic E-state index is 13.8. The first-order valence-electron chi connectivity index (χ1n) is 19.2. The molecule has 5 heterocycles. The van der Waals surface area contributed by atoms with Gasteiger partial charge in [0.2, 0.25) is 0 Å². The number of phenolic OH excluding ortho intramolecular Hbond substituents is 1. The second-order valence-corrected chi connectivity index (χ2v) is 15.6. The molecule has 1 unspecified atom stereocenters. The summed E-state index contributed by atoms with van der Waals surface area (Å²) in [6.07, 6.45) is 14.8. The zero-order chi connectivity index (χ0) is 38.1. The van der Waals surface area contributed by atoms with Gasteiger partial charge in [-0.15, -0.1) is 0 Å². The van der Waals surface area contributed by atoms with Crippen LogP contribution in [0.2, 0.25) is 0 Å². The minimum absolute atomic E-state index is 0.00706. The van der Waals surface area contributed by atoms with Gasteiger partial charge in [0.1, 0.15) is 46.8 Å². The van der Waals surface area contributed by atoms with Gasteiger partial charge in [-0.05, 0) is 79.9 Å². The molecule has 5 atom stereocenters. The largest absolute Gasteiger partial charge is 0.507 e. The summed E-state index contributed by atoms with van der Waals surface area (Å²) in [6, 6.07) is 1.20. The first-order valence-corrected chi connectivity index (χ1v) is 19.2. The average molecular weight is 735 g/mol. The van der Waals surface area contributed by atoms with Crippen molar-refractivity contribution in [3.05, 3.63) is 114 Å². The molecule has 2 aromatic rings. The molecule has 0 saturated heterocycles. The van der Waals surface area contributed by atoms with E-state index in [-0.39, 0.29) is 53.3 Å². The summed E-state index contributed by atoms with van der Waals surface area (Å²) in [5, 5.41) is 28.9. The standard InChI is InChI=1S/C43H50N4O7/c1-5-7-8-9-26-30-19-47-33(44)16-24(30)14-22-10-11-27-34(22)37(26)43(4)32(53-42(51)21(3)6-2)18-28-38(50)36-31(49)17-25(20-48)52-40(36)29(39(28)54-43)15-23-12-13-46-41(45)35(23)27/h6,11-12,16-17,19,26,32-33,37,46-48,50H,5,7-10,13-15,18,20,44-45H2,1-4H3/b21-6-/t26-,32-,33?,37+,43-/m1/s1. The van der Waals surface area contributed by atoms with Crippen LogP contribution in [0.3, 0.4) is 0 Å². The SMILES string of the molecule is C/C=C(/C)C(=O)O[C@@H]1Cc2c3c(c4oc(CO)cc(=O)c4c2O)CC2=CCNC(N)=C2C2=CCC4=C2[C@H]([C@H](CCCCC)C2=CNC(N)C=C2C4)[C@]1(C)O3. The number of aliphatic hydroxyl groups excluding tert-OH is 1. The smallest absolute Gasteiger partial charge is 0.333 e. The van der Waals surface area contributed by atoms with Gasteiger partial charge in [-0.2, -0.15) is 0 Å². The molecule has 4 aliphatic heterocycles. The number of nitrogens with one attached hydrogen (secondary N) is 2. The van der Waals surface area contributed by atoms with E-state index in [1.165, 1.54) is 17.2 Å². The zero-order valence-corrected chi connectivity index (χ0v) is 31.4. The molecule has 11 nitrogen and oxygen atoms in total. The lowest BCUT2D eigenvalue weighted by Crippen LogP contribution is -2.59. The molecular formula is C43H50N4O7. The number of phenols is 1. The number of esters is 1. The monoisotopic (exact) mass is 734 g/mol. The highest BCUT2D eigenvalue weighted by molar-refractivity contribution is 5.92. The molecule has 8 rings (SSSR count). The van der Waals surface area contributed by atoms with Gasteiger partial charge < -0.3 is 46.2 Å². The molecule has 0 fully saturated rings. The van der Waals surface area contributed by atoms with Crippen molar-refractivity contribution in [2.45, 2.75) is 104 Å². The second kappa shape index (κ2) is 13.7. The number of hydrogen-bond donors (Lipinski definition) is 6. The number of unbranched alkanes of at least 4 members (excludes halogenated alkanes) is 2. The summed E-state index contributed by atoms with van der Waals surface area (Å²) < 4.78 is 20.3. The van der Waals surface area contributed by atoms with E-state index in [4.69, 9.17) is 25.4 Å². The molecule has 11 heteroatoms. The maximum absolute atomic E-state index is 13.8. The van der Waals surface area contributed by atoms with Crippen molar-refractivity contribution in [1.82, 2.24) is 10.6 Å². The highest BCUT2D eigenvalue weighted by Gasteiger charge is 2.58. The summed E-state index contributed by atoms with van der Waals surface area (Å²) in [5.41, 5.74) is 20.9. The van der Waals surface area contributed by atoms with Gasteiger partial charge in [-0.25, -0.2) is 4.79 Å². The lowest BCUT2D eigenvalue weighted by Gasteiger charge is -2.51. The second-order valence-electron chi connectivity index (χ2n) is 15.6. The molecule has 1 aromatic carbocycles. The first-order chi connectivity index (χ1) is 26.0. The van der Waals surface area contributed by atoms with E-state index in [0.717, 1.165) is 53.5 Å². The van der Waals surface area contributed by atoms with Crippen LogP contribution in [0.5, 0.6) is 11.5 Å². The van der Waals surface area contributed by atoms with Crippen molar-refractivity contribution in [2.24, 2.45) is 23.3 Å². The molecule has 284 valence electrons. The van der Waals surface area contributed by atoms with E-state index in [0.29, 0.717) is 47.7 Å². The predicted octanol–water partition coefficient (Wildman–Crippen LogP) is 5.36. The van der Waals surface area contributed by atoms with Gasteiger partial charge in [0, 0.05) is 59.8 Å². The lowest BCUT2D eigenvalue weighted by molar-refractivity contribution is -0.164.